The molecule has 0 heterocycles. The molecule has 138 valence electrons. The van der Waals surface area contributed by atoms with Crippen LogP contribution in [0.2, 0.25) is 0 Å². The molecule has 28 heavy (non-hydrogen) atoms. The maximum Gasteiger partial charge on any atom is 0.335 e. The Labute approximate surface area is 166 Å². The lowest BCUT2D eigenvalue weighted by Crippen LogP contribution is -1.94. The first kappa shape index (κ1) is 19.2. The molecule has 0 fully saturated rings. The van der Waals surface area contributed by atoms with Crippen molar-refractivity contribution in [3.63, 3.8) is 0 Å². The Balaban J connectivity index is 1.77. The van der Waals surface area contributed by atoms with Gasteiger partial charge in [-0.1, -0.05) is 73.7 Å². The van der Waals surface area contributed by atoms with Crippen LogP contribution in [0.3, 0.4) is 0 Å². The van der Waals surface area contributed by atoms with Crippen molar-refractivity contribution in [3.05, 3.63) is 101 Å². The molecule has 1 N–H and O–H groups in total. The molecule has 0 atom stereocenters. The molecule has 3 rings (SSSR count). The van der Waals surface area contributed by atoms with Gasteiger partial charge >= 0.3 is 5.97 Å². The summed E-state index contributed by atoms with van der Waals surface area (Å²) in [5.41, 5.74) is 5.89. The van der Waals surface area contributed by atoms with Crippen LogP contribution < -0.4 is 0 Å². The fourth-order valence-corrected chi connectivity index (χ4v) is 3.00. The highest BCUT2D eigenvalue weighted by atomic mass is 16.4. The van der Waals surface area contributed by atoms with Crippen LogP contribution in [0, 0.1) is 11.8 Å². The molecule has 0 radical (unpaired) electrons. The predicted molar refractivity (Wildman–Crippen MR) is 115 cm³/mol. The van der Waals surface area contributed by atoms with Gasteiger partial charge in [0.1, 0.15) is 0 Å². The summed E-state index contributed by atoms with van der Waals surface area (Å²) < 4.78 is 0. The molecule has 0 saturated heterocycles. The van der Waals surface area contributed by atoms with Crippen molar-refractivity contribution in [2.75, 3.05) is 0 Å². The van der Waals surface area contributed by atoms with Gasteiger partial charge in [0.05, 0.1) is 5.56 Å². The van der Waals surface area contributed by atoms with Crippen molar-refractivity contribution < 1.29 is 9.90 Å². The third kappa shape index (κ3) is 4.99. The highest BCUT2D eigenvalue weighted by Gasteiger charge is 2.02. The topological polar surface area (TPSA) is 37.3 Å². The Morgan fingerprint density at radius 3 is 2.36 bits per heavy atom. The number of carboxylic acid groups (broad SMARTS) is 1. The third-order valence-corrected chi connectivity index (χ3v) is 4.46. The number of carboxylic acids is 1. The average molecular weight is 366 g/mol. The van der Waals surface area contributed by atoms with E-state index >= 15 is 0 Å². The van der Waals surface area contributed by atoms with E-state index in [1.807, 2.05) is 24.3 Å². The minimum atomic E-state index is -0.932. The molecule has 0 spiro atoms. The third-order valence-electron chi connectivity index (χ3n) is 4.46. The molecule has 3 aromatic rings. The zero-order valence-corrected chi connectivity index (χ0v) is 15.9. The van der Waals surface area contributed by atoms with Crippen molar-refractivity contribution in [2.24, 2.45) is 0 Å². The van der Waals surface area contributed by atoms with Crippen molar-refractivity contribution in [2.45, 2.75) is 19.8 Å². The van der Waals surface area contributed by atoms with Crippen LogP contribution >= 0.6 is 0 Å². The Hall–Kier alpha value is -3.57. The van der Waals surface area contributed by atoms with E-state index in [2.05, 4.69) is 55.2 Å². The van der Waals surface area contributed by atoms with Gasteiger partial charge in [-0.15, -0.1) is 0 Å². The standard InChI is InChI=1S/C26H22O2/c1-2-7-20-12-16-23(17-13-20)25-11-6-5-10-22(25)9-4-3-8-21-14-18-24(19-15-21)26(27)28/h4-6,9-19H,2,7H2,1H3,(H,27,28)/b9-4+. The summed E-state index contributed by atoms with van der Waals surface area (Å²) in [6, 6.07) is 23.6. The largest absolute Gasteiger partial charge is 0.478 e. The van der Waals surface area contributed by atoms with E-state index in [1.165, 1.54) is 16.7 Å². The van der Waals surface area contributed by atoms with E-state index in [0.717, 1.165) is 24.0 Å². The van der Waals surface area contributed by atoms with Crippen LogP contribution in [0.4, 0.5) is 0 Å². The molecule has 0 amide bonds. The number of allylic oxidation sites excluding steroid dienone is 1. The Kier molecular flexibility index (Phi) is 6.44. The summed E-state index contributed by atoms with van der Waals surface area (Å²) in [6.45, 7) is 2.19. The van der Waals surface area contributed by atoms with Crippen molar-refractivity contribution in [1.29, 1.82) is 0 Å². The van der Waals surface area contributed by atoms with Gasteiger partial charge in [-0.2, -0.15) is 0 Å². The maximum atomic E-state index is 10.9. The second kappa shape index (κ2) is 9.39. The number of hydrogen-bond acceptors (Lipinski definition) is 1. The first-order chi connectivity index (χ1) is 13.7. The predicted octanol–water partition coefficient (Wildman–Crippen LogP) is 6.07. The molecule has 3 aromatic carbocycles. The molecule has 0 aliphatic carbocycles. The minimum absolute atomic E-state index is 0.264. The van der Waals surface area contributed by atoms with E-state index < -0.39 is 5.97 Å². The quantitative estimate of drug-likeness (QED) is 0.557. The van der Waals surface area contributed by atoms with Crippen LogP contribution in [0.15, 0.2) is 78.9 Å². The van der Waals surface area contributed by atoms with Crippen molar-refractivity contribution in [3.8, 4) is 23.0 Å². The summed E-state index contributed by atoms with van der Waals surface area (Å²) in [5, 5.41) is 8.93. The molecule has 0 aliphatic rings. The maximum absolute atomic E-state index is 10.9. The number of aromatic carboxylic acids is 1. The van der Waals surface area contributed by atoms with Crippen LogP contribution in [-0.2, 0) is 6.42 Å². The van der Waals surface area contributed by atoms with Gasteiger partial charge in [0.25, 0.3) is 0 Å². The number of aryl methyl sites for hydroxylation is 1. The summed E-state index contributed by atoms with van der Waals surface area (Å²) in [5.74, 6) is 5.13. The smallest absolute Gasteiger partial charge is 0.335 e. The van der Waals surface area contributed by atoms with Crippen LogP contribution in [0.5, 0.6) is 0 Å². The Morgan fingerprint density at radius 2 is 1.68 bits per heavy atom. The van der Waals surface area contributed by atoms with Crippen molar-refractivity contribution >= 4 is 12.0 Å². The average Bonchev–Trinajstić information content (AvgIpc) is 2.73. The Morgan fingerprint density at radius 1 is 0.964 bits per heavy atom. The lowest BCUT2D eigenvalue weighted by Gasteiger charge is -2.07. The number of carbonyl (C=O) groups is 1. The normalized spacial score (nSPS) is 10.5. The summed E-state index contributed by atoms with van der Waals surface area (Å²) in [6.07, 6.45) is 6.09. The molecular formula is C26H22O2. The highest BCUT2D eigenvalue weighted by molar-refractivity contribution is 5.87. The fourth-order valence-electron chi connectivity index (χ4n) is 3.00. The second-order valence-electron chi connectivity index (χ2n) is 6.52. The summed E-state index contributed by atoms with van der Waals surface area (Å²) in [7, 11) is 0. The van der Waals surface area contributed by atoms with E-state index in [-0.39, 0.29) is 5.56 Å². The minimum Gasteiger partial charge on any atom is -0.478 e. The summed E-state index contributed by atoms with van der Waals surface area (Å²) >= 11 is 0. The lowest BCUT2D eigenvalue weighted by molar-refractivity contribution is 0.0697. The molecule has 2 nitrogen and oxygen atoms in total. The molecule has 2 heteroatoms. The zero-order chi connectivity index (χ0) is 19.8. The SMILES string of the molecule is CCCc1ccc(-c2ccccc2/C=C/C#Cc2ccc(C(=O)O)cc2)cc1. The first-order valence-electron chi connectivity index (χ1n) is 9.37. The molecule has 0 aromatic heterocycles. The Bertz CT molecular complexity index is 1030. The second-order valence-corrected chi connectivity index (χ2v) is 6.52. The molecule has 0 bridgehead atoms. The van der Waals surface area contributed by atoms with Gasteiger partial charge < -0.3 is 5.11 Å². The number of benzene rings is 3. The van der Waals surface area contributed by atoms with Gasteiger partial charge in [-0.05, 0) is 65.1 Å². The number of rotatable bonds is 5. The van der Waals surface area contributed by atoms with E-state index in [9.17, 15) is 4.79 Å². The molecule has 0 saturated carbocycles. The van der Waals surface area contributed by atoms with E-state index in [0.29, 0.717) is 0 Å². The van der Waals surface area contributed by atoms with Gasteiger partial charge in [0.15, 0.2) is 0 Å². The fraction of sp³-hybridized carbons (Fsp3) is 0.115. The summed E-state index contributed by atoms with van der Waals surface area (Å²) in [4.78, 5) is 10.9. The van der Waals surface area contributed by atoms with Crippen LogP contribution in [-0.4, -0.2) is 11.1 Å². The van der Waals surface area contributed by atoms with Crippen LogP contribution in [0.1, 0.15) is 40.4 Å². The van der Waals surface area contributed by atoms with E-state index in [4.69, 9.17) is 5.11 Å². The van der Waals surface area contributed by atoms with Gasteiger partial charge in [0, 0.05) is 5.56 Å². The van der Waals surface area contributed by atoms with Crippen LogP contribution in [0.25, 0.3) is 17.2 Å². The zero-order valence-electron chi connectivity index (χ0n) is 15.9. The lowest BCUT2D eigenvalue weighted by atomic mass is 9.97. The first-order valence-corrected chi connectivity index (χ1v) is 9.37. The van der Waals surface area contributed by atoms with Gasteiger partial charge in [0.2, 0.25) is 0 Å². The van der Waals surface area contributed by atoms with Gasteiger partial charge in [-0.3, -0.25) is 0 Å². The monoisotopic (exact) mass is 366 g/mol. The van der Waals surface area contributed by atoms with Gasteiger partial charge in [-0.25, -0.2) is 4.79 Å². The van der Waals surface area contributed by atoms with Crippen molar-refractivity contribution in [1.82, 2.24) is 0 Å². The molecule has 0 aliphatic heterocycles. The highest BCUT2D eigenvalue weighted by Crippen LogP contribution is 2.25. The molecular weight excluding hydrogens is 344 g/mol. The van der Waals surface area contributed by atoms with E-state index in [1.54, 1.807) is 24.3 Å². The molecule has 0 unspecified atom stereocenters. The number of hydrogen-bond donors (Lipinski definition) is 1.